The molecule has 2 N–H and O–H groups in total. The van der Waals surface area contributed by atoms with Crippen molar-refractivity contribution >= 4 is 93.2 Å². The Kier molecular flexibility index (Phi) is 43.0. The van der Waals surface area contributed by atoms with Crippen LogP contribution in [0.3, 0.4) is 0 Å². The Balaban J connectivity index is -0.000000222. The molecule has 2 aromatic rings. The molecule has 0 saturated carbocycles. The van der Waals surface area contributed by atoms with Crippen molar-refractivity contribution in [2.45, 2.75) is 160 Å². The zero-order valence-electron chi connectivity index (χ0n) is 53.2. The fourth-order valence-corrected chi connectivity index (χ4v) is 6.67. The Labute approximate surface area is 525 Å². The molecule has 0 atom stereocenters. The Morgan fingerprint density at radius 1 is 0.651 bits per heavy atom. The van der Waals surface area contributed by atoms with Crippen LogP contribution in [-0.4, -0.2) is 98.0 Å². The number of methoxy groups -OCH3 is 3. The van der Waals surface area contributed by atoms with Crippen molar-refractivity contribution in [3.63, 3.8) is 0 Å². The van der Waals surface area contributed by atoms with Crippen LogP contribution in [0.15, 0.2) is 106 Å². The molecule has 486 valence electrons. The van der Waals surface area contributed by atoms with Crippen LogP contribution in [0.1, 0.15) is 163 Å². The van der Waals surface area contributed by atoms with E-state index in [1.807, 2.05) is 69.2 Å². The molecule has 0 unspecified atom stereocenters. The van der Waals surface area contributed by atoms with E-state index in [2.05, 4.69) is 68.2 Å². The number of halogens is 3. The molecular weight excluding hydrogens is 1180 g/mol. The maximum atomic E-state index is 12.2. The fourth-order valence-electron chi connectivity index (χ4n) is 6.32. The van der Waals surface area contributed by atoms with Crippen LogP contribution >= 0.6 is 35.6 Å². The molecule has 23 heteroatoms. The first-order valence-corrected chi connectivity index (χ1v) is 26.5. The lowest BCUT2D eigenvalue weighted by atomic mass is 9.83. The molecule has 1 fully saturated rings. The highest BCUT2D eigenvalue weighted by Gasteiger charge is 2.34. The van der Waals surface area contributed by atoms with Gasteiger partial charge >= 0.3 is 29.8 Å². The van der Waals surface area contributed by atoms with Crippen LogP contribution in [0.4, 0.5) is 5.69 Å². The quantitative estimate of drug-likeness (QED) is 0.0260. The van der Waals surface area contributed by atoms with Gasteiger partial charge in [-0.2, -0.15) is 0 Å². The third-order valence-corrected chi connectivity index (χ3v) is 11.4. The van der Waals surface area contributed by atoms with E-state index in [4.69, 9.17) is 26.2 Å². The van der Waals surface area contributed by atoms with Gasteiger partial charge in [0.2, 0.25) is 21.3 Å². The maximum Gasteiger partial charge on any atom is 0.345 e. The van der Waals surface area contributed by atoms with Gasteiger partial charge in [-0.15, -0.1) is 45.3 Å². The second-order valence-corrected chi connectivity index (χ2v) is 23.3. The van der Waals surface area contributed by atoms with Gasteiger partial charge in [-0.3, -0.25) is 43.2 Å². The van der Waals surface area contributed by atoms with Crippen LogP contribution in [0.2, 0.25) is 0 Å². The zero-order chi connectivity index (χ0) is 67.1. The van der Waals surface area contributed by atoms with Crippen molar-refractivity contribution in [1.29, 1.82) is 0 Å². The third kappa shape index (κ3) is 37.3. The lowest BCUT2D eigenvalue weighted by Crippen LogP contribution is -2.39. The van der Waals surface area contributed by atoms with Gasteiger partial charge in [0.05, 0.1) is 21.3 Å². The fraction of sp³-hybridized carbons (Fsp3) is 0.508. The van der Waals surface area contributed by atoms with Gasteiger partial charge in [-0.1, -0.05) is 107 Å². The highest BCUT2D eigenvalue weighted by atomic mass is 35.5. The number of carbonyl (C=O) groups is 9. The lowest BCUT2D eigenvalue weighted by Gasteiger charge is -2.28. The number of hydrogen-bond acceptors (Lipinski definition) is 20. The Bertz CT molecular complexity index is 2810. The minimum atomic E-state index is -1.08. The lowest BCUT2D eigenvalue weighted by molar-refractivity contribution is -0.231. The number of allylic oxidation sites excluding steroid dienone is 5. The van der Waals surface area contributed by atoms with E-state index in [9.17, 15) is 52.7 Å². The van der Waals surface area contributed by atoms with Gasteiger partial charge in [-0.25, -0.2) is 9.59 Å². The minimum absolute atomic E-state index is 0. The van der Waals surface area contributed by atoms with E-state index in [0.717, 1.165) is 6.26 Å². The number of ether oxygens (including phenoxy) is 5. The van der Waals surface area contributed by atoms with Gasteiger partial charge < -0.3 is 43.2 Å². The highest BCUT2D eigenvalue weighted by molar-refractivity contribution is 6.63. The summed E-state index contributed by atoms with van der Waals surface area (Å²) in [5, 5.41) is -0.667. The van der Waals surface area contributed by atoms with E-state index >= 15 is 0 Å². The van der Waals surface area contributed by atoms with Gasteiger partial charge in [0.25, 0.3) is 5.79 Å². The van der Waals surface area contributed by atoms with Crippen LogP contribution in [0.5, 0.6) is 0 Å². The summed E-state index contributed by atoms with van der Waals surface area (Å²) in [6.45, 7) is 44.9. The number of carbonyl (C=O) groups excluding carboxylic acids is 9. The first kappa shape index (κ1) is 90.0. The second kappa shape index (κ2) is 41.0. The van der Waals surface area contributed by atoms with Crippen LogP contribution in [-0.2, 0) is 72.9 Å². The zero-order valence-corrected chi connectivity index (χ0v) is 55.6. The molecule has 0 bridgehead atoms. The summed E-state index contributed by atoms with van der Waals surface area (Å²) in [5.74, 6) is -3.20. The molecular formula is C63H95Cl3N2O18. The van der Waals surface area contributed by atoms with Crippen molar-refractivity contribution in [2.75, 3.05) is 41.2 Å². The number of esters is 5. The van der Waals surface area contributed by atoms with E-state index in [-0.39, 0.29) is 105 Å². The molecule has 1 aliphatic heterocycles. The van der Waals surface area contributed by atoms with Crippen molar-refractivity contribution in [2.24, 2.45) is 16.2 Å². The largest absolute Gasteiger partial charge is 0.469 e. The van der Waals surface area contributed by atoms with Crippen molar-refractivity contribution in [1.82, 2.24) is 4.90 Å². The van der Waals surface area contributed by atoms with Crippen molar-refractivity contribution in [3.8, 4) is 0 Å². The number of anilines is 1. The van der Waals surface area contributed by atoms with Gasteiger partial charge in [0.1, 0.15) is 59.5 Å². The molecule has 3 rings (SSSR count). The summed E-state index contributed by atoms with van der Waals surface area (Å²) in [6.07, 6.45) is 12.9. The summed E-state index contributed by atoms with van der Waals surface area (Å²) in [5.41, 5.74) is 4.36. The minimum Gasteiger partial charge on any atom is -0.469 e. The molecule has 1 aliphatic rings. The Morgan fingerprint density at radius 2 is 1.03 bits per heavy atom. The van der Waals surface area contributed by atoms with E-state index in [0.29, 0.717) is 35.5 Å². The number of rotatable bonds is 19. The molecule has 86 heavy (non-hydrogen) atoms. The average molecular weight is 1270 g/mol. The Hall–Kier alpha value is -7.16. The van der Waals surface area contributed by atoms with Gasteiger partial charge in [0, 0.05) is 82.3 Å². The molecule has 20 nitrogen and oxygen atoms in total. The molecule has 1 saturated heterocycles. The van der Waals surface area contributed by atoms with Crippen molar-refractivity contribution < 1.29 is 75.7 Å². The summed E-state index contributed by atoms with van der Waals surface area (Å²) < 4.78 is 33.3. The number of ketones is 2. The number of nitrogen functional groups attached to an aromatic ring is 1. The number of hydrogen-bond donors (Lipinski definition) is 1. The molecule has 0 amide bonds. The van der Waals surface area contributed by atoms with Crippen LogP contribution < -0.4 is 16.6 Å². The Morgan fingerprint density at radius 3 is 1.36 bits per heavy atom. The molecule has 0 aliphatic carbocycles. The van der Waals surface area contributed by atoms with E-state index in [1.165, 1.54) is 54.6 Å². The van der Waals surface area contributed by atoms with Crippen LogP contribution in [0, 0.1) is 30.1 Å². The molecule has 2 aromatic heterocycles. The molecule has 0 aromatic carbocycles. The normalized spacial score (nSPS) is 12.2. The predicted octanol–water partition coefficient (Wildman–Crippen LogP) is 12.1. The molecule has 0 spiro atoms. The SMILES string of the molecule is C.C=CC(C)(C)CC(=O)/C(=C\N(C)C)C(=O)OC.C=CC(C)(C)CC(=O)CC(=O)OC.C=CC(C)(C)CC(=O)Cl.C=CC(C)(C)c1c(C)occ(C(=O)OC)c1=O.C=CC(C)(C)c1c(C)occ(N)c1=O.CC(=O)Cl.CC1(C)OC(=O)CC(=O)O1.Cl. The maximum absolute atomic E-state index is 12.2. The molecule has 3 heterocycles. The smallest absolute Gasteiger partial charge is 0.345 e. The number of Topliss-reactive ketones (excluding diaryl/α,β-unsaturated/α-hetero) is 2. The first-order valence-electron chi connectivity index (χ1n) is 25.7. The number of nitrogens with two attached hydrogens (primary N) is 1. The third-order valence-electron chi connectivity index (χ3n) is 11.3. The summed E-state index contributed by atoms with van der Waals surface area (Å²) >= 11 is 9.79. The second-order valence-electron chi connectivity index (χ2n) is 22.4. The predicted molar refractivity (Wildman–Crippen MR) is 340 cm³/mol. The standard InChI is InChI=1S/C13H21NO3.C13H16O4.C11H15NO2.C10H16O3.C7H11ClO.C6H8O4.C2H3ClO.CH4.ClH/c1-7-13(2,3)8-11(15)10(9-14(4)5)12(16)17-6;1-6-13(3,4)10-8(2)17-7-9(11(10)14)12(15)16-5;1-5-11(3,4)9-7(2)14-6-8(12)10(9)13;1-5-10(2,3)7-8(11)6-9(12)13-4;1-4-7(2,3)5-6(8)9;1-6(2)9-4(7)3-5(8)10-6;1-2(3)4;;/h7,9H,1,8H2,2-6H3;6-7H,1H2,2-5H3;5-6H,1,12H2,2-4H3;5H,1,6-7H2,2-4H3;4H,1,5H2,2-3H3;3H2,1-2H3;1H3;1H4;1H/b10-9+;;;;;;;;. The highest BCUT2D eigenvalue weighted by Crippen LogP contribution is 2.28. The number of nitrogens with zero attached hydrogens (tertiary/aromatic N) is 1. The molecule has 0 radical (unpaired) electrons. The number of aryl methyl sites for hydroxylation is 2. The summed E-state index contributed by atoms with van der Waals surface area (Å²) in [7, 11) is 7.25. The van der Waals surface area contributed by atoms with Crippen molar-refractivity contribution in [3.05, 3.63) is 136 Å². The van der Waals surface area contributed by atoms with E-state index < -0.39 is 46.5 Å². The van der Waals surface area contributed by atoms with E-state index in [1.54, 1.807) is 63.2 Å². The van der Waals surface area contributed by atoms with Gasteiger partial charge in [0.15, 0.2) is 5.78 Å². The summed E-state index contributed by atoms with van der Waals surface area (Å²) in [6, 6.07) is 0. The van der Waals surface area contributed by atoms with Gasteiger partial charge in [-0.05, 0) is 53.3 Å². The monoisotopic (exact) mass is 1270 g/mol. The topological polar surface area (TPSA) is 289 Å². The summed E-state index contributed by atoms with van der Waals surface area (Å²) in [4.78, 5) is 123. The van der Waals surface area contributed by atoms with Crippen LogP contribution in [0.25, 0.3) is 0 Å². The first-order chi connectivity index (χ1) is 38.1. The average Bonchev–Trinajstić information content (AvgIpc) is 2.29. The number of cyclic esters (lactones) is 2.